The van der Waals surface area contributed by atoms with E-state index in [2.05, 4.69) is 5.43 Å². The number of amides is 3. The Bertz CT molecular complexity index is 512. The Labute approximate surface area is 110 Å². The number of nitrogens with two attached hydrogens (primary N) is 1. The zero-order valence-electron chi connectivity index (χ0n) is 10.4. The van der Waals surface area contributed by atoms with E-state index in [4.69, 9.17) is 5.84 Å². The van der Waals surface area contributed by atoms with Gasteiger partial charge in [0, 0.05) is 12.8 Å². The number of carbonyl (C=O) groups excluding carboxylic acids is 3. The van der Waals surface area contributed by atoms with Crippen LogP contribution in [0, 0.1) is 0 Å². The van der Waals surface area contributed by atoms with Gasteiger partial charge in [-0.05, 0) is 11.1 Å². The summed E-state index contributed by atoms with van der Waals surface area (Å²) in [6.45, 7) is 0.214. The van der Waals surface area contributed by atoms with Crippen LogP contribution in [0.4, 0.5) is 0 Å². The highest BCUT2D eigenvalue weighted by Gasteiger charge is 2.29. The topological polar surface area (TPSA) is 92.5 Å². The van der Waals surface area contributed by atoms with Crippen molar-refractivity contribution in [3.05, 3.63) is 35.4 Å². The summed E-state index contributed by atoms with van der Waals surface area (Å²) in [6, 6.07) is 7.20. The average molecular weight is 261 g/mol. The third kappa shape index (κ3) is 2.97. The van der Waals surface area contributed by atoms with Crippen molar-refractivity contribution < 1.29 is 14.4 Å². The summed E-state index contributed by atoms with van der Waals surface area (Å²) in [5.41, 5.74) is 3.61. The maximum Gasteiger partial charge on any atom is 0.238 e. The highest BCUT2D eigenvalue weighted by Crippen LogP contribution is 2.18. The van der Waals surface area contributed by atoms with Gasteiger partial charge in [-0.1, -0.05) is 24.3 Å². The van der Waals surface area contributed by atoms with E-state index in [-0.39, 0.29) is 43.5 Å². The van der Waals surface area contributed by atoms with Crippen molar-refractivity contribution in [1.82, 2.24) is 10.3 Å². The second kappa shape index (κ2) is 5.62. The van der Waals surface area contributed by atoms with E-state index >= 15 is 0 Å². The summed E-state index contributed by atoms with van der Waals surface area (Å²) in [6.07, 6.45) is 0.664. The Morgan fingerprint density at radius 3 is 2.32 bits per heavy atom. The molecule has 6 nitrogen and oxygen atoms in total. The van der Waals surface area contributed by atoms with E-state index in [1.165, 1.54) is 4.90 Å². The number of hydrogen-bond acceptors (Lipinski definition) is 4. The molecule has 0 bridgehead atoms. The number of benzene rings is 1. The number of imide groups is 1. The van der Waals surface area contributed by atoms with Crippen LogP contribution in [0.2, 0.25) is 0 Å². The van der Waals surface area contributed by atoms with Crippen LogP contribution >= 0.6 is 0 Å². The number of nitrogens with one attached hydrogen (secondary N) is 1. The number of carbonyl (C=O) groups is 3. The van der Waals surface area contributed by atoms with Crippen LogP contribution in [0.5, 0.6) is 0 Å². The second-order valence-corrected chi connectivity index (χ2v) is 4.39. The van der Waals surface area contributed by atoms with Crippen LogP contribution in [0.15, 0.2) is 24.3 Å². The number of nitrogens with zero attached hydrogens (tertiary/aromatic N) is 1. The summed E-state index contributed by atoms with van der Waals surface area (Å²) < 4.78 is 0. The number of hydrazine groups is 1. The maximum absolute atomic E-state index is 11.6. The fourth-order valence-electron chi connectivity index (χ4n) is 2.08. The summed E-state index contributed by atoms with van der Waals surface area (Å²) in [4.78, 5) is 35.7. The molecule has 3 N–H and O–H groups in total. The van der Waals surface area contributed by atoms with Crippen molar-refractivity contribution in [2.24, 2.45) is 5.84 Å². The molecule has 2 rings (SSSR count). The maximum atomic E-state index is 11.6. The molecule has 0 aromatic heterocycles. The van der Waals surface area contributed by atoms with Crippen molar-refractivity contribution >= 4 is 17.7 Å². The van der Waals surface area contributed by atoms with Gasteiger partial charge in [0.1, 0.15) is 0 Å². The summed E-state index contributed by atoms with van der Waals surface area (Å²) in [5, 5.41) is 0. The van der Waals surface area contributed by atoms with Gasteiger partial charge in [-0.2, -0.15) is 0 Å². The van der Waals surface area contributed by atoms with E-state index in [0.717, 1.165) is 11.1 Å². The molecule has 0 atom stereocenters. The summed E-state index contributed by atoms with van der Waals surface area (Å²) >= 11 is 0. The molecular formula is C13H15N3O3. The van der Waals surface area contributed by atoms with Crippen LogP contribution in [0.1, 0.15) is 24.0 Å². The molecule has 1 saturated heterocycles. The van der Waals surface area contributed by atoms with Gasteiger partial charge in [0.25, 0.3) is 0 Å². The minimum atomic E-state index is -0.313. The van der Waals surface area contributed by atoms with Crippen molar-refractivity contribution in [2.75, 3.05) is 0 Å². The van der Waals surface area contributed by atoms with Crippen LogP contribution in [0.25, 0.3) is 0 Å². The lowest BCUT2D eigenvalue weighted by Gasteiger charge is -2.16. The fraction of sp³-hybridized carbons (Fsp3) is 0.308. The molecule has 0 spiro atoms. The van der Waals surface area contributed by atoms with E-state index in [1.54, 1.807) is 18.2 Å². The van der Waals surface area contributed by atoms with Crippen LogP contribution in [-0.2, 0) is 27.3 Å². The van der Waals surface area contributed by atoms with Crippen LogP contribution < -0.4 is 11.3 Å². The first-order valence-electron chi connectivity index (χ1n) is 6.01. The molecule has 1 fully saturated rings. The summed E-state index contributed by atoms with van der Waals surface area (Å²) in [7, 11) is 0. The largest absolute Gasteiger partial charge is 0.294 e. The number of rotatable bonds is 4. The molecule has 1 aromatic carbocycles. The Morgan fingerprint density at radius 2 is 1.74 bits per heavy atom. The third-order valence-corrected chi connectivity index (χ3v) is 3.11. The normalized spacial score (nSPS) is 14.9. The highest BCUT2D eigenvalue weighted by atomic mass is 16.2. The highest BCUT2D eigenvalue weighted by molar-refractivity contribution is 6.01. The average Bonchev–Trinajstić information content (AvgIpc) is 2.72. The Balaban J connectivity index is 2.18. The van der Waals surface area contributed by atoms with E-state index < -0.39 is 0 Å². The van der Waals surface area contributed by atoms with Crippen molar-refractivity contribution in [2.45, 2.75) is 25.8 Å². The van der Waals surface area contributed by atoms with Gasteiger partial charge in [0.05, 0.1) is 13.0 Å². The lowest BCUT2D eigenvalue weighted by atomic mass is 10.0. The van der Waals surface area contributed by atoms with Gasteiger partial charge in [0.2, 0.25) is 17.7 Å². The predicted octanol–water partition coefficient (Wildman–Crippen LogP) is -0.132. The number of likely N-dealkylation sites (tertiary alicyclic amines) is 1. The molecule has 100 valence electrons. The molecule has 6 heteroatoms. The minimum absolute atomic E-state index is 0.128. The molecule has 0 radical (unpaired) electrons. The van der Waals surface area contributed by atoms with Gasteiger partial charge in [-0.25, -0.2) is 5.84 Å². The van der Waals surface area contributed by atoms with E-state index in [0.29, 0.717) is 0 Å². The van der Waals surface area contributed by atoms with E-state index in [9.17, 15) is 14.4 Å². The van der Waals surface area contributed by atoms with Crippen LogP contribution in [-0.4, -0.2) is 22.6 Å². The van der Waals surface area contributed by atoms with Gasteiger partial charge >= 0.3 is 0 Å². The molecular weight excluding hydrogens is 246 g/mol. The molecule has 0 aliphatic carbocycles. The van der Waals surface area contributed by atoms with Gasteiger partial charge in [0.15, 0.2) is 0 Å². The first-order valence-corrected chi connectivity index (χ1v) is 6.01. The van der Waals surface area contributed by atoms with Crippen molar-refractivity contribution in [3.8, 4) is 0 Å². The molecule has 1 aliphatic heterocycles. The third-order valence-electron chi connectivity index (χ3n) is 3.11. The van der Waals surface area contributed by atoms with Crippen molar-refractivity contribution in [3.63, 3.8) is 0 Å². The first-order chi connectivity index (χ1) is 9.11. The first kappa shape index (κ1) is 13.2. The van der Waals surface area contributed by atoms with Gasteiger partial charge in [-0.15, -0.1) is 0 Å². The van der Waals surface area contributed by atoms with Crippen LogP contribution in [0.3, 0.4) is 0 Å². The SMILES string of the molecule is NNC(=O)Cc1ccccc1CN1C(=O)CCC1=O. The summed E-state index contributed by atoms with van der Waals surface area (Å²) in [5.74, 6) is 4.42. The molecule has 0 saturated carbocycles. The lowest BCUT2D eigenvalue weighted by Crippen LogP contribution is -2.32. The number of hydrogen-bond donors (Lipinski definition) is 2. The molecule has 0 unspecified atom stereocenters. The standard InChI is InChI=1S/C13H15N3O3/c14-15-11(17)7-9-3-1-2-4-10(9)8-16-12(18)5-6-13(16)19/h1-4H,5-8,14H2,(H,15,17). The molecule has 19 heavy (non-hydrogen) atoms. The molecule has 1 heterocycles. The Kier molecular flexibility index (Phi) is 3.91. The van der Waals surface area contributed by atoms with E-state index in [1.807, 2.05) is 6.07 Å². The minimum Gasteiger partial charge on any atom is -0.294 e. The zero-order chi connectivity index (χ0) is 13.8. The monoisotopic (exact) mass is 261 g/mol. The molecule has 1 aliphatic rings. The van der Waals surface area contributed by atoms with Gasteiger partial charge in [-0.3, -0.25) is 24.7 Å². The smallest absolute Gasteiger partial charge is 0.238 e. The van der Waals surface area contributed by atoms with Crippen molar-refractivity contribution in [1.29, 1.82) is 0 Å². The second-order valence-electron chi connectivity index (χ2n) is 4.39. The fourth-order valence-corrected chi connectivity index (χ4v) is 2.08. The molecule has 3 amide bonds. The Morgan fingerprint density at radius 1 is 1.16 bits per heavy atom. The zero-order valence-corrected chi connectivity index (χ0v) is 10.4. The lowest BCUT2D eigenvalue weighted by molar-refractivity contribution is -0.139. The predicted molar refractivity (Wildman–Crippen MR) is 67.3 cm³/mol. The van der Waals surface area contributed by atoms with Gasteiger partial charge < -0.3 is 0 Å². The Hall–Kier alpha value is -2.21. The molecule has 1 aromatic rings. The quantitative estimate of drug-likeness (QED) is 0.342.